The molecule has 10 heteroatoms. The highest BCUT2D eigenvalue weighted by atomic mass is 32.2. The number of thiazole rings is 1. The predicted molar refractivity (Wildman–Crippen MR) is 148 cm³/mol. The quantitative estimate of drug-likeness (QED) is 0.223. The molecule has 1 amide bonds. The molecule has 2 aromatic rings. The molecule has 0 aliphatic heterocycles. The fourth-order valence-electron chi connectivity index (χ4n) is 4.29. The number of hydrogen-bond donors (Lipinski definition) is 1. The molecule has 1 aromatic carbocycles. The van der Waals surface area contributed by atoms with Crippen LogP contribution in [-0.4, -0.2) is 53.1 Å². The number of methoxy groups -OCH3 is 1. The van der Waals surface area contributed by atoms with E-state index in [-0.39, 0.29) is 36.1 Å². The van der Waals surface area contributed by atoms with Crippen molar-refractivity contribution in [3.63, 3.8) is 0 Å². The number of ether oxygens (including phenoxy) is 2. The lowest BCUT2D eigenvalue weighted by Gasteiger charge is -2.22. The summed E-state index contributed by atoms with van der Waals surface area (Å²) in [6.07, 6.45) is 5.30. The highest BCUT2D eigenvalue weighted by Gasteiger charge is 2.27. The number of Topliss-reactive ketones (excluding diaryl/α,β-unsaturated/α-hetero) is 2. The summed E-state index contributed by atoms with van der Waals surface area (Å²) in [6, 6.07) is 4.84. The van der Waals surface area contributed by atoms with Crippen LogP contribution in [0.4, 0.5) is 4.79 Å². The molecule has 1 fully saturated rings. The van der Waals surface area contributed by atoms with Gasteiger partial charge in [0.25, 0.3) is 0 Å². The Morgan fingerprint density at radius 2 is 1.87 bits per heavy atom. The molecule has 3 rings (SSSR count). The summed E-state index contributed by atoms with van der Waals surface area (Å²) in [5.74, 6) is -0.161. The third kappa shape index (κ3) is 8.94. The van der Waals surface area contributed by atoms with E-state index in [1.54, 1.807) is 27.0 Å². The van der Waals surface area contributed by atoms with Gasteiger partial charge >= 0.3 is 12.1 Å². The number of rotatable bonds is 11. The van der Waals surface area contributed by atoms with Crippen molar-refractivity contribution in [2.24, 2.45) is 5.92 Å². The molecule has 0 spiro atoms. The van der Waals surface area contributed by atoms with Gasteiger partial charge in [-0.2, -0.15) is 0 Å². The first kappa shape index (κ1) is 29.8. The molecule has 1 aliphatic carbocycles. The van der Waals surface area contributed by atoms with Gasteiger partial charge in [-0.05, 0) is 52.2 Å². The van der Waals surface area contributed by atoms with Crippen molar-refractivity contribution in [1.29, 1.82) is 0 Å². The molecule has 0 unspecified atom stereocenters. The number of nitrogens with zero attached hydrogens (tertiary/aromatic N) is 1. The Morgan fingerprint density at radius 3 is 2.53 bits per heavy atom. The standard InChI is InChI=1S/C28H36N2O6S2/c1-17-10-11-19(21(12-17)25(32)18-8-6-7-9-18)13-20(31)14-23-29-15-24(38-23)37-16-22(26(33)35-5)30-27(34)36-28(2,3)4/h10-12,15,18,22H,6-9,13-14,16H2,1-5H3,(H,30,34)/t22-/m1/s1. The van der Waals surface area contributed by atoms with Gasteiger partial charge in [0.1, 0.15) is 22.4 Å². The Labute approximate surface area is 232 Å². The van der Waals surface area contributed by atoms with Crippen LogP contribution < -0.4 is 5.32 Å². The van der Waals surface area contributed by atoms with Gasteiger partial charge in [0, 0.05) is 23.7 Å². The van der Waals surface area contributed by atoms with Crippen molar-refractivity contribution in [2.75, 3.05) is 12.9 Å². The molecule has 1 saturated carbocycles. The summed E-state index contributed by atoms with van der Waals surface area (Å²) in [4.78, 5) is 54.7. The van der Waals surface area contributed by atoms with Crippen LogP contribution in [0, 0.1) is 12.8 Å². The second-order valence-electron chi connectivity index (χ2n) is 10.5. The largest absolute Gasteiger partial charge is 0.467 e. The molecule has 1 heterocycles. The lowest BCUT2D eigenvalue weighted by Crippen LogP contribution is -2.45. The molecule has 0 saturated heterocycles. The molecule has 1 N–H and O–H groups in total. The maximum absolute atomic E-state index is 13.1. The first-order valence-corrected chi connectivity index (χ1v) is 14.6. The molecule has 1 atom stereocenters. The van der Waals surface area contributed by atoms with Crippen LogP contribution in [0.2, 0.25) is 0 Å². The van der Waals surface area contributed by atoms with E-state index in [4.69, 9.17) is 9.47 Å². The lowest BCUT2D eigenvalue weighted by molar-refractivity contribution is -0.142. The van der Waals surface area contributed by atoms with Crippen LogP contribution in [-0.2, 0) is 31.9 Å². The molecule has 206 valence electrons. The monoisotopic (exact) mass is 560 g/mol. The summed E-state index contributed by atoms with van der Waals surface area (Å²) >= 11 is 2.70. The number of nitrogens with one attached hydrogen (secondary N) is 1. The Kier molecular flexibility index (Phi) is 10.5. The SMILES string of the molecule is COC(=O)[C@@H](CSc1cnc(CC(=O)Cc2ccc(C)cc2C(=O)C2CCCC2)s1)NC(=O)OC(C)(C)C. The zero-order chi connectivity index (χ0) is 27.9. The molecular weight excluding hydrogens is 524 g/mol. The number of amides is 1. The number of aryl methyl sites for hydroxylation is 1. The van der Waals surface area contributed by atoms with Crippen LogP contribution in [0.5, 0.6) is 0 Å². The van der Waals surface area contributed by atoms with E-state index < -0.39 is 23.7 Å². The van der Waals surface area contributed by atoms with E-state index in [0.717, 1.165) is 41.0 Å². The highest BCUT2D eigenvalue weighted by Crippen LogP contribution is 2.30. The van der Waals surface area contributed by atoms with Crippen molar-refractivity contribution >= 4 is 46.7 Å². The third-order valence-electron chi connectivity index (χ3n) is 6.09. The fraction of sp³-hybridized carbons (Fsp3) is 0.536. The van der Waals surface area contributed by atoms with Crippen LogP contribution >= 0.6 is 23.1 Å². The van der Waals surface area contributed by atoms with Crippen molar-refractivity contribution in [3.05, 3.63) is 46.1 Å². The van der Waals surface area contributed by atoms with Crippen LogP contribution in [0.25, 0.3) is 0 Å². The lowest BCUT2D eigenvalue weighted by atomic mass is 9.90. The minimum Gasteiger partial charge on any atom is -0.467 e. The molecule has 0 bridgehead atoms. The number of thioether (sulfide) groups is 1. The molecule has 8 nitrogen and oxygen atoms in total. The van der Waals surface area contributed by atoms with Gasteiger partial charge < -0.3 is 14.8 Å². The second kappa shape index (κ2) is 13.4. The van der Waals surface area contributed by atoms with Gasteiger partial charge in [0.05, 0.1) is 23.9 Å². The van der Waals surface area contributed by atoms with Crippen LogP contribution in [0.15, 0.2) is 28.6 Å². The minimum absolute atomic E-state index is 0.0146. The molecular formula is C28H36N2O6S2. The number of ketones is 2. The number of esters is 1. The predicted octanol–water partition coefficient (Wildman–Crippen LogP) is 5.34. The van der Waals surface area contributed by atoms with E-state index in [9.17, 15) is 19.2 Å². The van der Waals surface area contributed by atoms with Gasteiger partial charge in [-0.15, -0.1) is 23.1 Å². The summed E-state index contributed by atoms with van der Waals surface area (Å²) in [6.45, 7) is 7.17. The summed E-state index contributed by atoms with van der Waals surface area (Å²) in [5.41, 5.74) is 1.76. The second-order valence-corrected chi connectivity index (χ2v) is 12.9. The number of carbonyl (C=O) groups is 4. The molecule has 0 radical (unpaired) electrons. The summed E-state index contributed by atoms with van der Waals surface area (Å²) < 4.78 is 10.8. The highest BCUT2D eigenvalue weighted by molar-refractivity contribution is 8.01. The van der Waals surface area contributed by atoms with Gasteiger partial charge in [-0.1, -0.05) is 30.5 Å². The minimum atomic E-state index is -0.899. The summed E-state index contributed by atoms with van der Waals surface area (Å²) in [5, 5.41) is 3.20. The van der Waals surface area contributed by atoms with Gasteiger partial charge in [-0.25, -0.2) is 14.6 Å². The maximum Gasteiger partial charge on any atom is 0.408 e. The first-order chi connectivity index (χ1) is 17.9. The van der Waals surface area contributed by atoms with E-state index in [1.807, 2.05) is 25.1 Å². The Balaban J connectivity index is 1.59. The number of benzene rings is 1. The molecule has 38 heavy (non-hydrogen) atoms. The fourth-order valence-corrected chi connectivity index (χ4v) is 6.38. The first-order valence-electron chi connectivity index (χ1n) is 12.8. The van der Waals surface area contributed by atoms with Gasteiger partial charge in [-0.3, -0.25) is 9.59 Å². The zero-order valence-corrected chi connectivity index (χ0v) is 24.3. The van der Waals surface area contributed by atoms with Crippen molar-refractivity contribution in [1.82, 2.24) is 10.3 Å². The van der Waals surface area contributed by atoms with E-state index in [1.165, 1.54) is 30.2 Å². The van der Waals surface area contributed by atoms with Crippen molar-refractivity contribution in [3.8, 4) is 0 Å². The number of carbonyl (C=O) groups excluding carboxylic acids is 4. The molecule has 1 aliphatic rings. The third-order valence-corrected chi connectivity index (χ3v) is 8.38. The topological polar surface area (TPSA) is 112 Å². The Hall–Kier alpha value is -2.72. The number of hydrogen-bond acceptors (Lipinski definition) is 9. The maximum atomic E-state index is 13.1. The normalized spacial score (nSPS) is 14.7. The van der Waals surface area contributed by atoms with E-state index in [0.29, 0.717) is 10.6 Å². The average molecular weight is 561 g/mol. The Morgan fingerprint density at radius 1 is 1.16 bits per heavy atom. The smallest absolute Gasteiger partial charge is 0.408 e. The average Bonchev–Trinajstić information content (AvgIpc) is 3.53. The van der Waals surface area contributed by atoms with Crippen molar-refractivity contribution in [2.45, 2.75) is 82.1 Å². The number of alkyl carbamates (subject to hydrolysis) is 1. The van der Waals surface area contributed by atoms with Crippen LogP contribution in [0.1, 0.15) is 72.9 Å². The van der Waals surface area contributed by atoms with Gasteiger partial charge in [0.15, 0.2) is 5.78 Å². The van der Waals surface area contributed by atoms with Crippen LogP contribution in [0.3, 0.4) is 0 Å². The summed E-state index contributed by atoms with van der Waals surface area (Å²) in [7, 11) is 1.26. The molecule has 1 aromatic heterocycles. The Bertz CT molecular complexity index is 1160. The zero-order valence-electron chi connectivity index (χ0n) is 22.6. The number of aromatic nitrogens is 1. The van der Waals surface area contributed by atoms with E-state index in [2.05, 4.69) is 10.3 Å². The van der Waals surface area contributed by atoms with Crippen molar-refractivity contribution < 1.29 is 28.7 Å². The van der Waals surface area contributed by atoms with E-state index >= 15 is 0 Å². The van der Waals surface area contributed by atoms with Gasteiger partial charge in [0.2, 0.25) is 0 Å².